The fourth-order valence-corrected chi connectivity index (χ4v) is 1.99. The van der Waals surface area contributed by atoms with Crippen molar-refractivity contribution >= 4 is 21.7 Å². The molecule has 2 aromatic carbocycles. The number of rotatable bonds is 0. The maximum atomic E-state index is 4.07. The second-order valence-corrected chi connectivity index (χ2v) is 3.57. The maximum absolute atomic E-state index is 4.07. The van der Waals surface area contributed by atoms with Crippen LogP contribution in [0.1, 0.15) is 5.56 Å². The summed E-state index contributed by atoms with van der Waals surface area (Å²) in [7, 11) is 0. The lowest BCUT2D eigenvalue weighted by Crippen LogP contribution is -1.78. The smallest absolute Gasteiger partial charge is 0.0656 e. The van der Waals surface area contributed by atoms with Gasteiger partial charge in [0.15, 0.2) is 0 Å². The summed E-state index contributed by atoms with van der Waals surface area (Å²) in [5.41, 5.74) is 2.40. The highest BCUT2D eigenvalue weighted by Gasteiger charge is 2.03. The van der Waals surface area contributed by atoms with Gasteiger partial charge in [-0.3, -0.25) is 5.10 Å². The summed E-state index contributed by atoms with van der Waals surface area (Å²) in [6, 6.07) is 10.6. The van der Waals surface area contributed by atoms with Crippen molar-refractivity contribution in [3.63, 3.8) is 0 Å². The first kappa shape index (κ1) is 7.56. The third-order valence-corrected chi connectivity index (χ3v) is 2.67. The number of nitrogens with one attached hydrogen (secondary N) is 1. The van der Waals surface area contributed by atoms with E-state index in [0.29, 0.717) is 0 Å². The number of benzene rings is 2. The molecule has 0 aliphatic rings. The van der Waals surface area contributed by atoms with Gasteiger partial charge in [0.25, 0.3) is 0 Å². The molecule has 0 fully saturated rings. The zero-order valence-corrected chi connectivity index (χ0v) is 7.91. The first-order valence-electron chi connectivity index (χ1n) is 4.68. The summed E-state index contributed by atoms with van der Waals surface area (Å²) >= 11 is 0. The van der Waals surface area contributed by atoms with E-state index >= 15 is 0 Å². The molecule has 3 aromatic rings. The second-order valence-electron chi connectivity index (χ2n) is 3.57. The molecule has 68 valence electrons. The molecule has 0 aliphatic carbocycles. The molecule has 2 heteroatoms. The molecule has 2 nitrogen and oxygen atoms in total. The summed E-state index contributed by atoms with van der Waals surface area (Å²) in [6.45, 7) is 2.13. The number of hydrogen-bond acceptors (Lipinski definition) is 1. The van der Waals surface area contributed by atoms with Crippen molar-refractivity contribution < 1.29 is 0 Å². The Morgan fingerprint density at radius 3 is 3.00 bits per heavy atom. The Labute approximate surface area is 81.6 Å². The molecule has 14 heavy (non-hydrogen) atoms. The Balaban J connectivity index is 2.67. The fraction of sp³-hybridized carbons (Fsp3) is 0.0833. The number of aromatic amines is 1. The molecular formula is C12H10N2. The van der Waals surface area contributed by atoms with Crippen LogP contribution in [0.5, 0.6) is 0 Å². The molecule has 0 amide bonds. The first-order valence-corrected chi connectivity index (χ1v) is 4.68. The zero-order valence-electron chi connectivity index (χ0n) is 7.91. The van der Waals surface area contributed by atoms with Crippen LogP contribution in [-0.4, -0.2) is 10.2 Å². The molecular weight excluding hydrogens is 172 g/mol. The van der Waals surface area contributed by atoms with Crippen LogP contribution in [0.25, 0.3) is 21.7 Å². The first-order chi connectivity index (χ1) is 6.86. The van der Waals surface area contributed by atoms with E-state index in [2.05, 4.69) is 47.5 Å². The van der Waals surface area contributed by atoms with Crippen molar-refractivity contribution in [1.82, 2.24) is 10.2 Å². The average Bonchev–Trinajstić information content (AvgIpc) is 2.65. The van der Waals surface area contributed by atoms with Gasteiger partial charge in [-0.25, -0.2) is 0 Å². The minimum absolute atomic E-state index is 1.10. The van der Waals surface area contributed by atoms with E-state index in [4.69, 9.17) is 0 Å². The van der Waals surface area contributed by atoms with Gasteiger partial charge in [-0.15, -0.1) is 0 Å². The Bertz CT molecular complexity index is 608. The Kier molecular flexibility index (Phi) is 1.39. The van der Waals surface area contributed by atoms with Gasteiger partial charge in [0.1, 0.15) is 0 Å². The largest absolute Gasteiger partial charge is 0.278 e. The maximum Gasteiger partial charge on any atom is 0.0656 e. The van der Waals surface area contributed by atoms with E-state index in [0.717, 1.165) is 5.52 Å². The highest BCUT2D eigenvalue weighted by Crippen LogP contribution is 2.26. The molecule has 1 heterocycles. The van der Waals surface area contributed by atoms with E-state index < -0.39 is 0 Å². The lowest BCUT2D eigenvalue weighted by atomic mass is 10.0. The molecule has 0 radical (unpaired) electrons. The van der Waals surface area contributed by atoms with E-state index in [1.165, 1.54) is 21.7 Å². The number of nitrogens with zero attached hydrogens (tertiary/aromatic N) is 1. The van der Waals surface area contributed by atoms with Crippen molar-refractivity contribution in [2.24, 2.45) is 0 Å². The number of fused-ring (bicyclic) bond motifs is 3. The topological polar surface area (TPSA) is 28.7 Å². The van der Waals surface area contributed by atoms with Gasteiger partial charge >= 0.3 is 0 Å². The number of aryl methyl sites for hydroxylation is 1. The van der Waals surface area contributed by atoms with Crippen molar-refractivity contribution in [3.05, 3.63) is 42.1 Å². The summed E-state index contributed by atoms with van der Waals surface area (Å²) < 4.78 is 0. The SMILES string of the molecule is Cc1cccc2ccc3[nH]ncc3c12. The van der Waals surface area contributed by atoms with Gasteiger partial charge in [-0.1, -0.05) is 24.3 Å². The lowest BCUT2D eigenvalue weighted by Gasteiger charge is -2.02. The minimum atomic E-state index is 1.10. The van der Waals surface area contributed by atoms with Crippen LogP contribution < -0.4 is 0 Å². The number of aromatic nitrogens is 2. The second kappa shape index (κ2) is 2.58. The standard InChI is InChI=1S/C12H10N2/c1-8-3-2-4-9-5-6-11-10(12(8)9)7-13-14-11/h2-7H,1H3,(H,13,14). The molecule has 3 rings (SSSR count). The van der Waals surface area contributed by atoms with E-state index in [1.54, 1.807) is 0 Å². The third kappa shape index (κ3) is 0.880. The summed E-state index contributed by atoms with van der Waals surface area (Å²) in [4.78, 5) is 0. The summed E-state index contributed by atoms with van der Waals surface area (Å²) in [5.74, 6) is 0. The number of H-pyrrole nitrogens is 1. The predicted molar refractivity (Wildman–Crippen MR) is 58.3 cm³/mol. The third-order valence-electron chi connectivity index (χ3n) is 2.67. The van der Waals surface area contributed by atoms with Gasteiger partial charge < -0.3 is 0 Å². The van der Waals surface area contributed by atoms with E-state index in [1.807, 2.05) is 6.20 Å². The van der Waals surface area contributed by atoms with Gasteiger partial charge in [0.05, 0.1) is 11.7 Å². The Hall–Kier alpha value is -1.83. The molecule has 1 aromatic heterocycles. The van der Waals surface area contributed by atoms with Crippen LogP contribution in [0.4, 0.5) is 0 Å². The summed E-state index contributed by atoms with van der Waals surface area (Å²) in [6.07, 6.45) is 1.89. The van der Waals surface area contributed by atoms with Crippen LogP contribution in [-0.2, 0) is 0 Å². The molecule has 1 N–H and O–H groups in total. The monoisotopic (exact) mass is 182 g/mol. The van der Waals surface area contributed by atoms with Crippen LogP contribution >= 0.6 is 0 Å². The Morgan fingerprint density at radius 1 is 1.14 bits per heavy atom. The van der Waals surface area contributed by atoms with Crippen molar-refractivity contribution in [2.45, 2.75) is 6.92 Å². The molecule has 0 unspecified atom stereocenters. The van der Waals surface area contributed by atoms with Crippen molar-refractivity contribution in [1.29, 1.82) is 0 Å². The molecule has 0 spiro atoms. The zero-order chi connectivity index (χ0) is 9.54. The van der Waals surface area contributed by atoms with Gasteiger partial charge in [-0.05, 0) is 29.3 Å². The van der Waals surface area contributed by atoms with Crippen LogP contribution in [0.15, 0.2) is 36.5 Å². The predicted octanol–water partition coefficient (Wildman–Crippen LogP) is 3.02. The van der Waals surface area contributed by atoms with Crippen molar-refractivity contribution in [3.8, 4) is 0 Å². The molecule has 0 saturated heterocycles. The molecule has 0 bridgehead atoms. The summed E-state index contributed by atoms with van der Waals surface area (Å²) in [5, 5.41) is 10.8. The highest BCUT2D eigenvalue weighted by atomic mass is 15.1. The molecule has 0 atom stereocenters. The normalized spacial score (nSPS) is 11.2. The van der Waals surface area contributed by atoms with Crippen LogP contribution in [0, 0.1) is 6.92 Å². The van der Waals surface area contributed by atoms with Gasteiger partial charge in [0, 0.05) is 5.39 Å². The molecule has 0 saturated carbocycles. The minimum Gasteiger partial charge on any atom is -0.278 e. The average molecular weight is 182 g/mol. The van der Waals surface area contributed by atoms with Crippen molar-refractivity contribution in [2.75, 3.05) is 0 Å². The van der Waals surface area contributed by atoms with E-state index in [-0.39, 0.29) is 0 Å². The quantitative estimate of drug-likeness (QED) is 0.568. The van der Waals surface area contributed by atoms with Gasteiger partial charge in [-0.2, -0.15) is 5.10 Å². The lowest BCUT2D eigenvalue weighted by molar-refractivity contribution is 1.12. The van der Waals surface area contributed by atoms with Crippen LogP contribution in [0.3, 0.4) is 0 Å². The fourth-order valence-electron chi connectivity index (χ4n) is 1.99. The highest BCUT2D eigenvalue weighted by molar-refractivity contribution is 6.07. The van der Waals surface area contributed by atoms with Crippen LogP contribution in [0.2, 0.25) is 0 Å². The van der Waals surface area contributed by atoms with E-state index in [9.17, 15) is 0 Å². The Morgan fingerprint density at radius 2 is 2.07 bits per heavy atom. The molecule has 0 aliphatic heterocycles. The number of hydrogen-bond donors (Lipinski definition) is 1. The van der Waals surface area contributed by atoms with Gasteiger partial charge in [0.2, 0.25) is 0 Å².